The maximum atomic E-state index is 12.4. The van der Waals surface area contributed by atoms with Crippen molar-refractivity contribution in [3.8, 4) is 18.1 Å². The van der Waals surface area contributed by atoms with Crippen molar-refractivity contribution in [1.82, 2.24) is 15.5 Å². The van der Waals surface area contributed by atoms with Crippen LogP contribution in [0.4, 0.5) is 11.5 Å². The number of hydrogen-bond acceptors (Lipinski definition) is 6. The van der Waals surface area contributed by atoms with Crippen LogP contribution in [-0.4, -0.2) is 55.9 Å². The molecular weight excluding hydrogens is 378 g/mol. The second kappa shape index (κ2) is 8.70. The van der Waals surface area contributed by atoms with Crippen molar-refractivity contribution in [2.24, 2.45) is 0 Å². The third-order valence-electron chi connectivity index (χ3n) is 5.23. The van der Waals surface area contributed by atoms with E-state index in [2.05, 4.69) is 43.4 Å². The molecule has 2 aromatic carbocycles. The van der Waals surface area contributed by atoms with Gasteiger partial charge >= 0.3 is 0 Å². The normalized spacial score (nSPS) is 13.7. The molecule has 152 valence electrons. The lowest BCUT2D eigenvalue weighted by molar-refractivity contribution is 0.0954. The molecule has 0 unspecified atom stereocenters. The number of benzene rings is 2. The van der Waals surface area contributed by atoms with Gasteiger partial charge in [-0.05, 0) is 12.1 Å². The largest absolute Gasteiger partial charge is 0.497 e. The van der Waals surface area contributed by atoms with Crippen molar-refractivity contribution in [1.29, 1.82) is 0 Å². The highest BCUT2D eigenvalue weighted by atomic mass is 16.5. The molecule has 1 saturated heterocycles. The van der Waals surface area contributed by atoms with Gasteiger partial charge in [-0.1, -0.05) is 36.3 Å². The molecule has 0 bridgehead atoms. The Morgan fingerprint density at radius 1 is 1.07 bits per heavy atom. The number of fused-ring (bicyclic) bond motifs is 1. The zero-order valence-electron chi connectivity index (χ0n) is 16.8. The Morgan fingerprint density at radius 3 is 2.53 bits per heavy atom. The highest BCUT2D eigenvalue weighted by Crippen LogP contribution is 2.28. The van der Waals surface area contributed by atoms with Crippen LogP contribution in [0.15, 0.2) is 48.5 Å². The Morgan fingerprint density at radius 2 is 1.80 bits per heavy atom. The smallest absolute Gasteiger partial charge is 0.273 e. The summed E-state index contributed by atoms with van der Waals surface area (Å²) in [5, 5.41) is 13.0. The molecule has 30 heavy (non-hydrogen) atoms. The lowest BCUT2D eigenvalue weighted by atomic mass is 10.1. The van der Waals surface area contributed by atoms with Crippen LogP contribution in [0.25, 0.3) is 10.8 Å². The summed E-state index contributed by atoms with van der Waals surface area (Å²) in [6.45, 7) is 3.47. The molecule has 0 radical (unpaired) electrons. The molecule has 1 aliphatic heterocycles. The molecule has 7 heteroatoms. The molecule has 0 spiro atoms. The molecule has 2 heterocycles. The molecule has 4 rings (SSSR count). The summed E-state index contributed by atoms with van der Waals surface area (Å²) >= 11 is 0. The van der Waals surface area contributed by atoms with Crippen LogP contribution in [0.2, 0.25) is 0 Å². The topological polar surface area (TPSA) is 70.6 Å². The van der Waals surface area contributed by atoms with Gasteiger partial charge in [0.25, 0.3) is 5.91 Å². The first-order valence-corrected chi connectivity index (χ1v) is 9.82. The lowest BCUT2D eigenvalue weighted by Gasteiger charge is -2.37. The second-order valence-electron chi connectivity index (χ2n) is 6.98. The minimum absolute atomic E-state index is 0.156. The summed E-state index contributed by atoms with van der Waals surface area (Å²) in [6, 6.07) is 15.8. The number of anilines is 2. The fourth-order valence-corrected chi connectivity index (χ4v) is 3.69. The summed E-state index contributed by atoms with van der Waals surface area (Å²) in [5.74, 6) is 3.74. The summed E-state index contributed by atoms with van der Waals surface area (Å²) in [4.78, 5) is 17.0. The first-order chi connectivity index (χ1) is 14.7. The summed E-state index contributed by atoms with van der Waals surface area (Å²) in [6.07, 6.45) is 5.24. The van der Waals surface area contributed by atoms with Gasteiger partial charge in [0, 0.05) is 48.7 Å². The van der Waals surface area contributed by atoms with E-state index >= 15 is 0 Å². The lowest BCUT2D eigenvalue weighted by Crippen LogP contribution is -2.47. The maximum Gasteiger partial charge on any atom is 0.273 e. The Hall–Kier alpha value is -3.79. The van der Waals surface area contributed by atoms with Crippen LogP contribution >= 0.6 is 0 Å². The van der Waals surface area contributed by atoms with Crippen molar-refractivity contribution in [3.05, 3.63) is 54.2 Å². The third kappa shape index (κ3) is 3.85. The fourth-order valence-electron chi connectivity index (χ4n) is 3.69. The van der Waals surface area contributed by atoms with E-state index in [-0.39, 0.29) is 12.5 Å². The van der Waals surface area contributed by atoms with Crippen LogP contribution in [0.3, 0.4) is 0 Å². The molecule has 0 aliphatic carbocycles. The number of piperazine rings is 1. The minimum Gasteiger partial charge on any atom is -0.497 e. The summed E-state index contributed by atoms with van der Waals surface area (Å²) in [7, 11) is 1.68. The van der Waals surface area contributed by atoms with E-state index in [1.165, 1.54) is 0 Å². The van der Waals surface area contributed by atoms with E-state index in [1.807, 2.05) is 36.4 Å². The quantitative estimate of drug-likeness (QED) is 0.662. The number of terminal acetylenes is 1. The number of ether oxygens (including phenoxy) is 1. The summed E-state index contributed by atoms with van der Waals surface area (Å²) < 4.78 is 5.34. The zero-order chi connectivity index (χ0) is 20.9. The van der Waals surface area contributed by atoms with Crippen LogP contribution in [0, 0.1) is 12.3 Å². The molecule has 1 aliphatic rings. The monoisotopic (exact) mass is 401 g/mol. The number of methoxy groups -OCH3 is 1. The molecular formula is C23H23N5O2. The SMILES string of the molecule is C#CCNC(=O)c1nnc(N2CCN(c3cccc(OC)c3)CC2)c2ccccc12. The molecule has 3 aromatic rings. The van der Waals surface area contributed by atoms with Gasteiger partial charge in [0.15, 0.2) is 11.5 Å². The van der Waals surface area contributed by atoms with E-state index in [4.69, 9.17) is 11.2 Å². The fraction of sp³-hybridized carbons (Fsp3) is 0.261. The maximum absolute atomic E-state index is 12.4. The molecule has 0 saturated carbocycles. The average Bonchev–Trinajstić information content (AvgIpc) is 2.82. The zero-order valence-corrected chi connectivity index (χ0v) is 16.8. The van der Waals surface area contributed by atoms with Crippen molar-refractivity contribution in [2.75, 3.05) is 49.6 Å². The van der Waals surface area contributed by atoms with Gasteiger partial charge in [-0.15, -0.1) is 16.6 Å². The van der Waals surface area contributed by atoms with Crippen molar-refractivity contribution >= 4 is 28.2 Å². The molecule has 1 N–H and O–H groups in total. The van der Waals surface area contributed by atoms with Gasteiger partial charge in [-0.2, -0.15) is 0 Å². The number of hydrogen-bond donors (Lipinski definition) is 1. The number of aromatic nitrogens is 2. The van der Waals surface area contributed by atoms with Gasteiger partial charge in [0.2, 0.25) is 0 Å². The van der Waals surface area contributed by atoms with Crippen molar-refractivity contribution in [2.45, 2.75) is 0 Å². The number of amides is 1. The Bertz CT molecular complexity index is 1100. The predicted octanol–water partition coefficient (Wildman–Crippen LogP) is 2.33. The predicted molar refractivity (Wildman–Crippen MR) is 118 cm³/mol. The van der Waals surface area contributed by atoms with E-state index in [0.29, 0.717) is 5.69 Å². The van der Waals surface area contributed by atoms with E-state index in [1.54, 1.807) is 7.11 Å². The Kier molecular flexibility index (Phi) is 5.66. The molecule has 7 nitrogen and oxygen atoms in total. The van der Waals surface area contributed by atoms with Crippen LogP contribution < -0.4 is 19.9 Å². The molecule has 0 atom stereocenters. The van der Waals surface area contributed by atoms with Gasteiger partial charge in [-0.3, -0.25) is 4.79 Å². The first-order valence-electron chi connectivity index (χ1n) is 9.82. The molecule has 1 amide bonds. The van der Waals surface area contributed by atoms with Crippen molar-refractivity contribution < 1.29 is 9.53 Å². The summed E-state index contributed by atoms with van der Waals surface area (Å²) in [5.41, 5.74) is 1.44. The van der Waals surface area contributed by atoms with Crippen LogP contribution in [0.1, 0.15) is 10.5 Å². The third-order valence-corrected chi connectivity index (χ3v) is 5.23. The number of carbonyl (C=O) groups is 1. The molecule has 1 aromatic heterocycles. The van der Waals surface area contributed by atoms with Gasteiger partial charge in [0.05, 0.1) is 13.7 Å². The Balaban J connectivity index is 1.56. The first kappa shape index (κ1) is 19.5. The van der Waals surface area contributed by atoms with Gasteiger partial charge < -0.3 is 19.9 Å². The number of nitrogens with one attached hydrogen (secondary N) is 1. The van der Waals surface area contributed by atoms with Gasteiger partial charge in [0.1, 0.15) is 5.75 Å². The number of rotatable bonds is 5. The van der Waals surface area contributed by atoms with E-state index in [9.17, 15) is 4.79 Å². The van der Waals surface area contributed by atoms with Gasteiger partial charge in [-0.25, -0.2) is 0 Å². The second-order valence-corrected chi connectivity index (χ2v) is 6.98. The van der Waals surface area contributed by atoms with Crippen molar-refractivity contribution in [3.63, 3.8) is 0 Å². The number of nitrogens with zero attached hydrogens (tertiary/aromatic N) is 4. The standard InChI is InChI=1S/C23H23N5O2/c1-3-11-24-23(29)21-19-9-4-5-10-20(19)22(26-25-21)28-14-12-27(13-15-28)17-7-6-8-18(16-17)30-2/h1,4-10,16H,11-15H2,2H3,(H,24,29). The van der Waals surface area contributed by atoms with Crippen LogP contribution in [-0.2, 0) is 0 Å². The highest BCUT2D eigenvalue weighted by Gasteiger charge is 2.23. The Labute approximate surface area is 175 Å². The average molecular weight is 401 g/mol. The molecule has 1 fully saturated rings. The van der Waals surface area contributed by atoms with Crippen LogP contribution in [0.5, 0.6) is 5.75 Å². The van der Waals surface area contributed by atoms with E-state index in [0.717, 1.165) is 54.2 Å². The number of carbonyl (C=O) groups excluding carboxylic acids is 1. The highest BCUT2D eigenvalue weighted by molar-refractivity contribution is 6.07. The minimum atomic E-state index is -0.314. The van der Waals surface area contributed by atoms with E-state index < -0.39 is 0 Å².